The minimum absolute atomic E-state index is 0.0455. The number of hydrazine groups is 1. The predicted molar refractivity (Wildman–Crippen MR) is 196 cm³/mol. The van der Waals surface area contributed by atoms with Gasteiger partial charge in [-0.2, -0.15) is 9.50 Å². The van der Waals surface area contributed by atoms with Crippen LogP contribution in [0, 0.1) is 6.92 Å². The molecule has 0 spiro atoms. The maximum atomic E-state index is 13.6. The summed E-state index contributed by atoms with van der Waals surface area (Å²) < 4.78 is 1.23. The highest BCUT2D eigenvalue weighted by Crippen LogP contribution is 2.42. The van der Waals surface area contributed by atoms with Gasteiger partial charge in [0.05, 0.1) is 5.56 Å². The average Bonchev–Trinajstić information content (AvgIpc) is 3.78. The van der Waals surface area contributed by atoms with Crippen molar-refractivity contribution in [2.75, 3.05) is 17.2 Å². The number of aliphatic carboxylic acids is 1. The lowest BCUT2D eigenvalue weighted by molar-refractivity contribution is -0.150. The van der Waals surface area contributed by atoms with Crippen molar-refractivity contribution in [3.8, 4) is 11.5 Å². The highest BCUT2D eigenvalue weighted by Gasteiger charge is 2.54. The van der Waals surface area contributed by atoms with Gasteiger partial charge < -0.3 is 36.3 Å². The molecule has 1 saturated heterocycles. The maximum Gasteiger partial charge on any atom is 0.375 e. The molecular weight excluding hydrogens is 799 g/mol. The third kappa shape index (κ3) is 7.71. The van der Waals surface area contributed by atoms with E-state index in [0.717, 1.165) is 34.1 Å². The van der Waals surface area contributed by atoms with E-state index in [1.165, 1.54) is 47.6 Å². The van der Waals surface area contributed by atoms with Gasteiger partial charge in [-0.15, -0.1) is 40.0 Å². The average molecular weight is 828 g/mol. The molecule has 1 unspecified atom stereocenters. The molecule has 9 N–H and O–H groups in total. The fourth-order valence-corrected chi connectivity index (χ4v) is 8.24. The number of para-hydroxylation sites is 1. The van der Waals surface area contributed by atoms with E-state index < -0.39 is 75.6 Å². The first kappa shape index (κ1) is 39.2. The highest BCUT2D eigenvalue weighted by molar-refractivity contribution is 8.01. The number of nitrogens with one attached hydrogen (secondary N) is 3. The normalized spacial score (nSPS) is 16.9. The topological polar surface area (TPSA) is 326 Å². The van der Waals surface area contributed by atoms with Gasteiger partial charge in [0, 0.05) is 22.6 Å². The number of nitrogens with two attached hydrogens (primary N) is 1. The number of aromatic nitrogens is 5. The van der Waals surface area contributed by atoms with Crippen LogP contribution >= 0.6 is 34.9 Å². The molecule has 2 atom stereocenters. The van der Waals surface area contributed by atoms with Crippen molar-refractivity contribution in [3.63, 3.8) is 0 Å². The number of hydrogen-bond donors (Lipinski definition) is 8. The van der Waals surface area contributed by atoms with Crippen LogP contribution in [0.25, 0.3) is 5.78 Å². The first-order valence-electron chi connectivity index (χ1n) is 15.9. The van der Waals surface area contributed by atoms with Crippen LogP contribution in [0.15, 0.2) is 51.1 Å². The van der Waals surface area contributed by atoms with Crippen LogP contribution in [0.2, 0.25) is 0 Å². The quantitative estimate of drug-likeness (QED) is 0.0234. The molecule has 2 aliphatic heterocycles. The number of anilines is 1. The second-order valence-corrected chi connectivity index (χ2v) is 15.3. The number of phenols is 2. The molecular formula is C31H29N11O11S3. The Bertz CT molecular complexity index is 2390. The molecule has 1 aromatic carbocycles. The van der Waals surface area contributed by atoms with Crippen LogP contribution < -0.4 is 21.9 Å². The Hall–Kier alpha value is -6.47. The molecule has 4 amide bonds. The summed E-state index contributed by atoms with van der Waals surface area (Å²) in [6, 6.07) is 4.08. The summed E-state index contributed by atoms with van der Waals surface area (Å²) in [6.07, 6.45) is 0. The number of β-lactam (4-membered cyclic amide) rings is 1. The molecule has 6 rings (SSSR count). The number of hydrogen-bond acceptors (Lipinski definition) is 18. The Morgan fingerprint density at radius 1 is 1.11 bits per heavy atom. The van der Waals surface area contributed by atoms with Crippen LogP contribution in [0.4, 0.5) is 5.13 Å². The minimum atomic E-state index is -1.85. The second kappa shape index (κ2) is 15.3. The maximum absolute atomic E-state index is 13.6. The number of aromatic hydroxyl groups is 2. The standard InChI is InChI=1S/C31H29N11O11S3/c1-11-7-16(42-30(33-11)36-21(39-42)27(50)51)54-8-12-9-55-25-18(24(47)41(25)19(12)26(48)49)35-23(46)17(14-10-56-29(32)34-14)40-53-31(2,3)28(52)38-37-22(45)13-5-4-6-15(43)20(13)44/h4-7,10,18,25,43-44H,8-9H2,1-3H3,(H2,32,34)(H,35,46)(H,37,45)(H,38,52)(H,48,49)(H,50,51)/t18?,25-/m1/s1. The van der Waals surface area contributed by atoms with Crippen molar-refractivity contribution >= 4 is 87.0 Å². The first-order valence-corrected chi connectivity index (χ1v) is 18.8. The Kier molecular flexibility index (Phi) is 10.7. The lowest BCUT2D eigenvalue weighted by Gasteiger charge is -2.49. The number of phenolic OH excluding ortho intramolecular Hbond substituents is 2. The van der Waals surface area contributed by atoms with E-state index in [2.05, 4.69) is 41.4 Å². The van der Waals surface area contributed by atoms with Crippen LogP contribution in [0.3, 0.4) is 0 Å². The third-order valence-electron chi connectivity index (χ3n) is 7.97. The van der Waals surface area contributed by atoms with E-state index in [-0.39, 0.29) is 39.4 Å². The molecule has 292 valence electrons. The molecule has 22 nitrogen and oxygen atoms in total. The molecule has 56 heavy (non-hydrogen) atoms. The number of carbonyl (C=O) groups excluding carboxylic acids is 4. The predicted octanol–water partition coefficient (Wildman–Crippen LogP) is 0.0722. The molecule has 5 heterocycles. The Balaban J connectivity index is 1.15. The number of carbonyl (C=O) groups is 6. The largest absolute Gasteiger partial charge is 0.504 e. The first-order chi connectivity index (χ1) is 26.5. The second-order valence-electron chi connectivity index (χ2n) is 12.3. The zero-order valence-electron chi connectivity index (χ0n) is 29.0. The number of fused-ring (bicyclic) bond motifs is 2. The summed E-state index contributed by atoms with van der Waals surface area (Å²) in [5.41, 5.74) is 7.84. The number of carboxylic acids is 2. The molecule has 4 aromatic rings. The van der Waals surface area contributed by atoms with Crippen LogP contribution in [0.5, 0.6) is 11.5 Å². The fourth-order valence-electron chi connectivity index (χ4n) is 5.16. The Labute approximate surface area is 326 Å². The van der Waals surface area contributed by atoms with Gasteiger partial charge in [-0.3, -0.25) is 34.9 Å². The van der Waals surface area contributed by atoms with Gasteiger partial charge in [-0.25, -0.2) is 19.6 Å². The summed E-state index contributed by atoms with van der Waals surface area (Å²) in [4.78, 5) is 95.1. The summed E-state index contributed by atoms with van der Waals surface area (Å²) >= 11 is 3.30. The molecule has 2 aliphatic rings. The molecule has 0 aliphatic carbocycles. The highest BCUT2D eigenvalue weighted by atomic mass is 32.2. The van der Waals surface area contributed by atoms with Gasteiger partial charge in [0.1, 0.15) is 27.8 Å². The van der Waals surface area contributed by atoms with Crippen LogP contribution in [-0.4, -0.2) is 120 Å². The third-order valence-corrected chi connectivity index (χ3v) is 11.1. The summed E-state index contributed by atoms with van der Waals surface area (Å²) in [7, 11) is 0. The molecule has 0 radical (unpaired) electrons. The van der Waals surface area contributed by atoms with E-state index in [0.29, 0.717) is 16.3 Å². The smallest absolute Gasteiger partial charge is 0.375 e. The number of benzene rings is 1. The molecule has 0 saturated carbocycles. The number of aromatic carboxylic acids is 1. The van der Waals surface area contributed by atoms with Gasteiger partial charge in [-0.1, -0.05) is 11.2 Å². The number of thiazole rings is 1. The number of rotatable bonds is 12. The van der Waals surface area contributed by atoms with Gasteiger partial charge >= 0.3 is 11.9 Å². The van der Waals surface area contributed by atoms with Crippen molar-refractivity contribution in [1.29, 1.82) is 0 Å². The molecule has 3 aromatic heterocycles. The fraction of sp³-hybridized carbons (Fsp3) is 0.258. The van der Waals surface area contributed by atoms with Gasteiger partial charge in [0.2, 0.25) is 5.60 Å². The Morgan fingerprint density at radius 2 is 1.86 bits per heavy atom. The Morgan fingerprint density at radius 3 is 2.54 bits per heavy atom. The lowest BCUT2D eigenvalue weighted by Crippen LogP contribution is -2.71. The molecule has 25 heteroatoms. The minimum Gasteiger partial charge on any atom is -0.504 e. The van der Waals surface area contributed by atoms with Crippen molar-refractivity contribution in [3.05, 3.63) is 63.7 Å². The van der Waals surface area contributed by atoms with Gasteiger partial charge in [-0.05, 0) is 44.5 Å². The van der Waals surface area contributed by atoms with Crippen molar-refractivity contribution < 1.29 is 54.0 Å². The number of oxime groups is 1. The van der Waals surface area contributed by atoms with Crippen molar-refractivity contribution in [1.82, 2.24) is 45.6 Å². The lowest BCUT2D eigenvalue weighted by atomic mass is 10.0. The number of carboxylic acid groups (broad SMARTS) is 2. The van der Waals surface area contributed by atoms with Crippen molar-refractivity contribution in [2.45, 2.75) is 42.8 Å². The summed E-state index contributed by atoms with van der Waals surface area (Å²) in [5.74, 6) is -7.80. The van der Waals surface area contributed by atoms with Crippen LogP contribution in [-0.2, 0) is 24.0 Å². The number of nitrogen functional groups attached to an aromatic ring is 1. The summed E-state index contributed by atoms with van der Waals surface area (Å²) in [6.45, 7) is 4.19. The van der Waals surface area contributed by atoms with Crippen molar-refractivity contribution in [2.24, 2.45) is 5.16 Å². The van der Waals surface area contributed by atoms with E-state index in [1.807, 2.05) is 0 Å². The van der Waals surface area contributed by atoms with E-state index >= 15 is 0 Å². The number of aryl methyl sites for hydroxylation is 1. The molecule has 1 fully saturated rings. The van der Waals surface area contributed by atoms with E-state index in [4.69, 9.17) is 10.6 Å². The zero-order valence-corrected chi connectivity index (χ0v) is 31.5. The van der Waals surface area contributed by atoms with E-state index in [1.54, 1.807) is 13.0 Å². The zero-order chi connectivity index (χ0) is 40.6. The van der Waals surface area contributed by atoms with E-state index in [9.17, 15) is 49.2 Å². The van der Waals surface area contributed by atoms with Crippen LogP contribution in [0.1, 0.15) is 46.2 Å². The summed E-state index contributed by atoms with van der Waals surface area (Å²) in [5, 5.41) is 50.5. The molecule has 0 bridgehead atoms. The number of amides is 4. The van der Waals surface area contributed by atoms with Gasteiger partial charge in [0.15, 0.2) is 22.3 Å². The van der Waals surface area contributed by atoms with Gasteiger partial charge in [0.25, 0.3) is 35.2 Å². The SMILES string of the molecule is Cc1cc(SCC2=C(C(=O)O)N3C(=O)C(NC(=O)C(=NOC(C)(C)C(=O)NNC(=O)c4cccc(O)c4O)c4csc(N)n4)[C@H]3SC2)n2nc(C(=O)O)nc2n1. The number of thioether (sulfide) groups is 2. The monoisotopic (exact) mass is 827 g/mol. The number of nitrogens with zero attached hydrogens (tertiary/aromatic N) is 7.